The van der Waals surface area contributed by atoms with Crippen molar-refractivity contribution in [1.29, 1.82) is 0 Å². The molecule has 0 amide bonds. The van der Waals surface area contributed by atoms with Crippen LogP contribution in [0.4, 0.5) is 0 Å². The molecular formula is C10H22N2OS. The Labute approximate surface area is 92.6 Å². The summed E-state index contributed by atoms with van der Waals surface area (Å²) in [5.74, 6) is 0. The molecule has 84 valence electrons. The third-order valence-electron chi connectivity index (χ3n) is 2.28. The smallest absolute Gasteiger partial charge is 0.166 e. The summed E-state index contributed by atoms with van der Waals surface area (Å²) in [4.78, 5) is 0. The van der Waals surface area contributed by atoms with Gasteiger partial charge in [-0.15, -0.1) is 0 Å². The highest BCUT2D eigenvalue weighted by molar-refractivity contribution is 7.80. The quantitative estimate of drug-likeness (QED) is 0.523. The molecule has 0 aliphatic heterocycles. The summed E-state index contributed by atoms with van der Waals surface area (Å²) in [5, 5.41) is 6.98. The molecule has 14 heavy (non-hydrogen) atoms. The van der Waals surface area contributed by atoms with Gasteiger partial charge in [0.1, 0.15) is 0 Å². The van der Waals surface area contributed by atoms with E-state index in [0.29, 0.717) is 17.1 Å². The zero-order valence-electron chi connectivity index (χ0n) is 9.64. The van der Waals surface area contributed by atoms with Gasteiger partial charge in [0.2, 0.25) is 0 Å². The molecule has 2 N–H and O–H groups in total. The van der Waals surface area contributed by atoms with Gasteiger partial charge in [-0.1, -0.05) is 20.8 Å². The van der Waals surface area contributed by atoms with Gasteiger partial charge in [-0.3, -0.25) is 0 Å². The first kappa shape index (κ1) is 13.7. The molecule has 0 spiro atoms. The van der Waals surface area contributed by atoms with Crippen LogP contribution in [0, 0.1) is 5.41 Å². The second-order valence-electron chi connectivity index (χ2n) is 4.12. The van der Waals surface area contributed by atoms with Gasteiger partial charge in [-0.05, 0) is 24.1 Å². The maximum atomic E-state index is 5.11. The van der Waals surface area contributed by atoms with Crippen LogP contribution in [0.25, 0.3) is 0 Å². The van der Waals surface area contributed by atoms with Gasteiger partial charge in [0.05, 0.1) is 6.61 Å². The molecule has 0 heterocycles. The molecule has 0 aromatic heterocycles. The summed E-state index contributed by atoms with van der Waals surface area (Å²) in [5.41, 5.74) is 0.299. The summed E-state index contributed by atoms with van der Waals surface area (Å²) < 4.78 is 4.91. The minimum absolute atomic E-state index is 0.299. The zero-order chi connectivity index (χ0) is 11.0. The van der Waals surface area contributed by atoms with Crippen LogP contribution in [-0.4, -0.2) is 31.9 Å². The first-order valence-corrected chi connectivity index (χ1v) is 5.43. The number of thiocarbonyl (C=S) groups is 1. The van der Waals surface area contributed by atoms with Crippen LogP contribution in [0.3, 0.4) is 0 Å². The van der Waals surface area contributed by atoms with Crippen molar-refractivity contribution in [3.63, 3.8) is 0 Å². The Morgan fingerprint density at radius 2 is 2.00 bits per heavy atom. The predicted molar refractivity (Wildman–Crippen MR) is 64.6 cm³/mol. The number of hydrogen-bond acceptors (Lipinski definition) is 2. The fourth-order valence-corrected chi connectivity index (χ4v) is 0.948. The van der Waals surface area contributed by atoms with Crippen molar-refractivity contribution < 1.29 is 4.74 Å². The molecule has 0 saturated heterocycles. The summed E-state index contributed by atoms with van der Waals surface area (Å²) >= 11 is 5.11. The van der Waals surface area contributed by atoms with Crippen LogP contribution in [0.1, 0.15) is 27.2 Å². The molecule has 0 radical (unpaired) electrons. The molecule has 0 aliphatic rings. The van der Waals surface area contributed by atoms with Gasteiger partial charge < -0.3 is 15.4 Å². The highest BCUT2D eigenvalue weighted by atomic mass is 32.1. The fourth-order valence-electron chi connectivity index (χ4n) is 0.774. The Kier molecular flexibility index (Phi) is 6.83. The third kappa shape index (κ3) is 7.09. The normalized spacial score (nSPS) is 11.1. The van der Waals surface area contributed by atoms with E-state index in [-0.39, 0.29) is 0 Å². The summed E-state index contributed by atoms with van der Waals surface area (Å²) in [7, 11) is 1.68. The summed E-state index contributed by atoms with van der Waals surface area (Å²) in [6, 6.07) is 0. The molecule has 4 heteroatoms. The van der Waals surface area contributed by atoms with Crippen molar-refractivity contribution in [2.24, 2.45) is 5.41 Å². The minimum atomic E-state index is 0.299. The first-order valence-electron chi connectivity index (χ1n) is 5.02. The van der Waals surface area contributed by atoms with E-state index in [1.807, 2.05) is 0 Å². The van der Waals surface area contributed by atoms with Crippen LogP contribution in [-0.2, 0) is 4.74 Å². The molecule has 0 rings (SSSR count). The van der Waals surface area contributed by atoms with Crippen molar-refractivity contribution in [2.45, 2.75) is 27.2 Å². The van der Waals surface area contributed by atoms with Crippen molar-refractivity contribution in [1.82, 2.24) is 10.6 Å². The Bertz CT molecular complexity index is 172. The van der Waals surface area contributed by atoms with Gasteiger partial charge in [0.25, 0.3) is 0 Å². The SMILES string of the molecule is CCC(C)(C)CNC(=S)NCCOC. The van der Waals surface area contributed by atoms with Crippen LogP contribution >= 0.6 is 12.2 Å². The second-order valence-corrected chi connectivity index (χ2v) is 4.53. The van der Waals surface area contributed by atoms with Crippen LogP contribution < -0.4 is 10.6 Å². The average Bonchev–Trinajstić information content (AvgIpc) is 2.16. The van der Waals surface area contributed by atoms with Gasteiger partial charge >= 0.3 is 0 Å². The first-order chi connectivity index (χ1) is 6.52. The number of hydrogen-bond donors (Lipinski definition) is 2. The average molecular weight is 218 g/mol. The predicted octanol–water partition coefficient (Wildman–Crippen LogP) is 1.53. The molecule has 0 aromatic carbocycles. The van der Waals surface area contributed by atoms with Crippen LogP contribution in [0.2, 0.25) is 0 Å². The van der Waals surface area contributed by atoms with Crippen molar-refractivity contribution in [3.05, 3.63) is 0 Å². The molecule has 0 fully saturated rings. The monoisotopic (exact) mass is 218 g/mol. The Morgan fingerprint density at radius 3 is 2.50 bits per heavy atom. The number of rotatable bonds is 6. The maximum absolute atomic E-state index is 5.11. The van der Waals surface area contributed by atoms with E-state index >= 15 is 0 Å². The lowest BCUT2D eigenvalue weighted by atomic mass is 9.90. The Balaban J connectivity index is 3.53. The number of ether oxygens (including phenoxy) is 1. The Hall–Kier alpha value is -0.350. The molecule has 0 saturated carbocycles. The maximum Gasteiger partial charge on any atom is 0.166 e. The lowest BCUT2D eigenvalue weighted by molar-refractivity contribution is 0.203. The molecule has 0 atom stereocenters. The largest absolute Gasteiger partial charge is 0.383 e. The molecule has 0 unspecified atom stereocenters. The molecule has 0 bridgehead atoms. The summed E-state index contributed by atoms with van der Waals surface area (Å²) in [6.07, 6.45) is 1.14. The van der Waals surface area contributed by atoms with Crippen molar-refractivity contribution in [2.75, 3.05) is 26.8 Å². The number of methoxy groups -OCH3 is 1. The standard InChI is InChI=1S/C10H22N2OS/c1-5-10(2,3)8-12-9(14)11-6-7-13-4/h5-8H2,1-4H3,(H2,11,12,14). The van der Waals surface area contributed by atoms with E-state index in [4.69, 9.17) is 17.0 Å². The lowest BCUT2D eigenvalue weighted by Crippen LogP contribution is -2.41. The highest BCUT2D eigenvalue weighted by Gasteiger charge is 2.14. The van der Waals surface area contributed by atoms with Crippen molar-refractivity contribution >= 4 is 17.3 Å². The zero-order valence-corrected chi connectivity index (χ0v) is 10.5. The van der Waals surface area contributed by atoms with E-state index in [2.05, 4.69) is 31.4 Å². The van der Waals surface area contributed by atoms with E-state index < -0.39 is 0 Å². The molecule has 0 aliphatic carbocycles. The molecule has 3 nitrogen and oxygen atoms in total. The fraction of sp³-hybridized carbons (Fsp3) is 0.900. The van der Waals surface area contributed by atoms with Gasteiger partial charge in [0.15, 0.2) is 5.11 Å². The number of nitrogens with one attached hydrogen (secondary N) is 2. The van der Waals surface area contributed by atoms with Crippen LogP contribution in [0.5, 0.6) is 0 Å². The van der Waals surface area contributed by atoms with E-state index in [9.17, 15) is 0 Å². The van der Waals surface area contributed by atoms with Gasteiger partial charge in [-0.25, -0.2) is 0 Å². The van der Waals surface area contributed by atoms with E-state index in [0.717, 1.165) is 19.5 Å². The van der Waals surface area contributed by atoms with Crippen LogP contribution in [0.15, 0.2) is 0 Å². The van der Waals surface area contributed by atoms with E-state index in [1.165, 1.54) is 0 Å². The summed E-state index contributed by atoms with van der Waals surface area (Å²) in [6.45, 7) is 8.97. The van der Waals surface area contributed by atoms with Gasteiger partial charge in [-0.2, -0.15) is 0 Å². The molecule has 0 aromatic rings. The molecular weight excluding hydrogens is 196 g/mol. The lowest BCUT2D eigenvalue weighted by Gasteiger charge is -2.23. The highest BCUT2D eigenvalue weighted by Crippen LogP contribution is 2.17. The van der Waals surface area contributed by atoms with Crippen molar-refractivity contribution in [3.8, 4) is 0 Å². The minimum Gasteiger partial charge on any atom is -0.383 e. The Morgan fingerprint density at radius 1 is 1.36 bits per heavy atom. The second kappa shape index (κ2) is 7.01. The van der Waals surface area contributed by atoms with Gasteiger partial charge in [0, 0.05) is 20.2 Å². The van der Waals surface area contributed by atoms with E-state index in [1.54, 1.807) is 7.11 Å². The topological polar surface area (TPSA) is 33.3 Å². The third-order valence-corrected chi connectivity index (χ3v) is 2.57.